The van der Waals surface area contributed by atoms with E-state index in [2.05, 4.69) is 6.92 Å². The summed E-state index contributed by atoms with van der Waals surface area (Å²) in [6.07, 6.45) is -0.260. The van der Waals surface area contributed by atoms with Crippen LogP contribution in [-0.2, 0) is 20.6 Å². The van der Waals surface area contributed by atoms with Crippen LogP contribution in [0, 0.1) is 13.8 Å². The monoisotopic (exact) mass is 444 g/mol. The quantitative estimate of drug-likeness (QED) is 0.406. The average molecular weight is 444 g/mol. The van der Waals surface area contributed by atoms with Crippen LogP contribution in [0.3, 0.4) is 0 Å². The van der Waals surface area contributed by atoms with Crippen LogP contribution in [0.25, 0.3) is 0 Å². The number of cyclic esters (lactones) is 2. The first kappa shape index (κ1) is 22.1. The number of carbonyl (C=O) groups excluding carboxylic acids is 1. The molecule has 2 heterocycles. The summed E-state index contributed by atoms with van der Waals surface area (Å²) in [7, 11) is 3.24. The van der Waals surface area contributed by atoms with Crippen molar-refractivity contribution in [2.75, 3.05) is 40.6 Å². The molecule has 8 heteroatoms. The molecule has 2 fully saturated rings. The smallest absolute Gasteiger partial charge is 0.493 e. The molecule has 0 spiro atoms. The summed E-state index contributed by atoms with van der Waals surface area (Å²) in [6, 6.07) is 7.93. The highest BCUT2D eigenvalue weighted by molar-refractivity contribution is 5.61. The van der Waals surface area contributed by atoms with Crippen molar-refractivity contribution >= 4 is 6.16 Å². The van der Waals surface area contributed by atoms with Crippen molar-refractivity contribution in [3.8, 4) is 23.0 Å². The van der Waals surface area contributed by atoms with Crippen molar-refractivity contribution in [1.29, 1.82) is 0 Å². The van der Waals surface area contributed by atoms with Gasteiger partial charge in [0.05, 0.1) is 20.8 Å². The molecule has 0 saturated carbocycles. The molecule has 0 aliphatic carbocycles. The Labute approximate surface area is 187 Å². The van der Waals surface area contributed by atoms with Gasteiger partial charge in [-0.15, -0.1) is 0 Å². The minimum atomic E-state index is -0.670. The van der Waals surface area contributed by atoms with Crippen molar-refractivity contribution in [2.45, 2.75) is 32.5 Å². The van der Waals surface area contributed by atoms with Crippen molar-refractivity contribution in [2.24, 2.45) is 0 Å². The Bertz CT molecular complexity index is 982. The number of epoxide rings is 1. The molecule has 2 aliphatic heterocycles. The minimum absolute atomic E-state index is 0.164. The fourth-order valence-electron chi connectivity index (χ4n) is 3.52. The molecule has 2 aromatic rings. The van der Waals surface area contributed by atoms with Gasteiger partial charge >= 0.3 is 6.16 Å². The van der Waals surface area contributed by atoms with Crippen molar-refractivity contribution in [3.63, 3.8) is 0 Å². The minimum Gasteiger partial charge on any atom is -0.493 e. The van der Waals surface area contributed by atoms with Crippen LogP contribution >= 0.6 is 0 Å². The van der Waals surface area contributed by atoms with Crippen molar-refractivity contribution in [3.05, 3.63) is 46.5 Å². The number of hydrogen-bond donors (Lipinski definition) is 0. The first-order valence-electron chi connectivity index (χ1n) is 10.5. The molecule has 0 aromatic heterocycles. The van der Waals surface area contributed by atoms with E-state index < -0.39 is 12.3 Å². The number of hydrogen-bond acceptors (Lipinski definition) is 8. The third-order valence-corrected chi connectivity index (χ3v) is 5.53. The maximum Gasteiger partial charge on any atom is 0.508 e. The van der Waals surface area contributed by atoms with Crippen LogP contribution in [0.4, 0.5) is 4.79 Å². The van der Waals surface area contributed by atoms with Gasteiger partial charge < -0.3 is 33.2 Å². The second kappa shape index (κ2) is 9.56. The lowest BCUT2D eigenvalue weighted by atomic mass is 9.96. The van der Waals surface area contributed by atoms with E-state index >= 15 is 0 Å². The zero-order valence-electron chi connectivity index (χ0n) is 18.8. The van der Waals surface area contributed by atoms with Crippen LogP contribution in [0.1, 0.15) is 22.3 Å². The summed E-state index contributed by atoms with van der Waals surface area (Å²) in [5, 5.41) is 0. The first-order valence-corrected chi connectivity index (χ1v) is 10.5. The number of methoxy groups -OCH3 is 2. The van der Waals surface area contributed by atoms with E-state index in [1.54, 1.807) is 14.2 Å². The summed E-state index contributed by atoms with van der Waals surface area (Å²) in [6.45, 7) is 5.70. The maximum atomic E-state index is 11.1. The van der Waals surface area contributed by atoms with Gasteiger partial charge in [-0.25, -0.2) is 4.79 Å². The van der Waals surface area contributed by atoms with Crippen LogP contribution in [-0.4, -0.2) is 59.0 Å². The van der Waals surface area contributed by atoms with Gasteiger partial charge in [-0.3, -0.25) is 0 Å². The molecule has 172 valence electrons. The van der Waals surface area contributed by atoms with Gasteiger partial charge in [0, 0.05) is 0 Å². The Kier molecular flexibility index (Phi) is 6.60. The molecule has 2 aromatic carbocycles. The molecule has 8 nitrogen and oxygen atoms in total. The second-order valence-corrected chi connectivity index (χ2v) is 7.91. The molecule has 0 N–H and O–H groups in total. The Morgan fingerprint density at radius 2 is 1.34 bits per heavy atom. The number of benzene rings is 2. The van der Waals surface area contributed by atoms with Gasteiger partial charge in [0.1, 0.15) is 25.9 Å². The second-order valence-electron chi connectivity index (χ2n) is 7.91. The highest BCUT2D eigenvalue weighted by Gasteiger charge is 2.26. The zero-order valence-corrected chi connectivity index (χ0v) is 18.8. The summed E-state index contributed by atoms with van der Waals surface area (Å²) >= 11 is 0. The number of rotatable bonds is 10. The fourth-order valence-corrected chi connectivity index (χ4v) is 3.52. The maximum absolute atomic E-state index is 11.1. The van der Waals surface area contributed by atoms with Gasteiger partial charge in [0.25, 0.3) is 0 Å². The molecule has 2 saturated heterocycles. The number of carbonyl (C=O) groups is 1. The first-order chi connectivity index (χ1) is 15.5. The van der Waals surface area contributed by atoms with Crippen LogP contribution < -0.4 is 18.9 Å². The molecule has 2 atom stereocenters. The highest BCUT2D eigenvalue weighted by Crippen LogP contribution is 2.35. The van der Waals surface area contributed by atoms with E-state index in [1.165, 1.54) is 0 Å². The molecule has 4 rings (SSSR count). The molecule has 2 aliphatic rings. The topological polar surface area (TPSA) is 85.0 Å². The van der Waals surface area contributed by atoms with E-state index in [-0.39, 0.29) is 19.3 Å². The Hall–Kier alpha value is -3.13. The molecular formula is C24H28O8. The van der Waals surface area contributed by atoms with Crippen LogP contribution in [0.5, 0.6) is 23.0 Å². The van der Waals surface area contributed by atoms with Gasteiger partial charge in [0.2, 0.25) is 0 Å². The lowest BCUT2D eigenvalue weighted by molar-refractivity contribution is 0.0975. The predicted octanol–water partition coefficient (Wildman–Crippen LogP) is 3.60. The van der Waals surface area contributed by atoms with Crippen LogP contribution in [0.2, 0.25) is 0 Å². The Balaban J connectivity index is 1.54. The van der Waals surface area contributed by atoms with E-state index in [0.717, 1.165) is 28.9 Å². The van der Waals surface area contributed by atoms with Crippen molar-refractivity contribution in [1.82, 2.24) is 0 Å². The van der Waals surface area contributed by atoms with E-state index in [0.29, 0.717) is 36.0 Å². The van der Waals surface area contributed by atoms with Crippen molar-refractivity contribution < 1.29 is 38.0 Å². The largest absolute Gasteiger partial charge is 0.508 e. The third kappa shape index (κ3) is 5.19. The standard InChI is InChI=1S/C24H28O8/c1-14-5-20(26-3)22(29-11-18-10-28-18)8-16(14)7-17-9-23(21(27-4)6-15(17)2)30-12-19-13-31-24(25)32-19/h5-6,8-9,18-19H,7,10-13H2,1-4H3. The van der Waals surface area contributed by atoms with E-state index in [9.17, 15) is 4.79 Å². The van der Waals surface area contributed by atoms with Gasteiger partial charge in [-0.1, -0.05) is 0 Å². The highest BCUT2D eigenvalue weighted by atomic mass is 16.8. The Morgan fingerprint density at radius 3 is 1.78 bits per heavy atom. The fraction of sp³-hybridized carbons (Fsp3) is 0.458. The molecule has 0 bridgehead atoms. The lowest BCUT2D eigenvalue weighted by Gasteiger charge is -2.18. The molecule has 2 unspecified atom stereocenters. The van der Waals surface area contributed by atoms with Gasteiger partial charge in [-0.2, -0.15) is 0 Å². The summed E-state index contributed by atoms with van der Waals surface area (Å²) in [5.74, 6) is 2.62. The normalized spacial score (nSPS) is 19.2. The number of aryl methyl sites for hydroxylation is 2. The molecule has 0 radical (unpaired) electrons. The summed E-state index contributed by atoms with van der Waals surface area (Å²) in [4.78, 5) is 11.1. The predicted molar refractivity (Wildman–Crippen MR) is 115 cm³/mol. The summed E-state index contributed by atoms with van der Waals surface area (Å²) in [5.41, 5.74) is 4.39. The number of ether oxygens (including phenoxy) is 7. The van der Waals surface area contributed by atoms with Crippen LogP contribution in [0.15, 0.2) is 24.3 Å². The van der Waals surface area contributed by atoms with Gasteiger partial charge in [0.15, 0.2) is 29.1 Å². The zero-order chi connectivity index (χ0) is 22.7. The van der Waals surface area contributed by atoms with E-state index in [1.807, 2.05) is 31.2 Å². The van der Waals surface area contributed by atoms with E-state index in [4.69, 9.17) is 33.2 Å². The van der Waals surface area contributed by atoms with Gasteiger partial charge in [-0.05, 0) is 66.8 Å². The molecular weight excluding hydrogens is 416 g/mol. The average Bonchev–Trinajstić information content (AvgIpc) is 3.52. The summed E-state index contributed by atoms with van der Waals surface area (Å²) < 4.78 is 37.9. The molecule has 32 heavy (non-hydrogen) atoms. The molecule has 0 amide bonds. The lowest BCUT2D eigenvalue weighted by Crippen LogP contribution is -2.20. The SMILES string of the molecule is COc1cc(C)c(Cc2cc(OCC3COC(=O)O3)c(OC)cc2C)cc1OCC1CO1. The Morgan fingerprint density at radius 1 is 0.812 bits per heavy atom. The third-order valence-electron chi connectivity index (χ3n) is 5.53.